The van der Waals surface area contributed by atoms with E-state index in [1.807, 2.05) is 30.5 Å². The maximum Gasteiger partial charge on any atom is 0.190 e. The van der Waals surface area contributed by atoms with Gasteiger partial charge in [-0.15, -0.1) is 11.3 Å². The van der Waals surface area contributed by atoms with Gasteiger partial charge in [0.1, 0.15) is 5.75 Å². The number of hydrogen-bond donors (Lipinski definition) is 2. The molecule has 0 radical (unpaired) electrons. The molecule has 1 aromatic heterocycles. The van der Waals surface area contributed by atoms with Crippen LogP contribution in [-0.4, -0.2) is 51.2 Å². The molecule has 0 saturated carbocycles. The zero-order valence-electron chi connectivity index (χ0n) is 17.0. The lowest BCUT2D eigenvalue weighted by Crippen LogP contribution is -2.44. The molecular weight excluding hydrogens is 368 g/mol. The SMILES string of the molecule is CN=C(NCCc1ccc(OC)cc1)NCC1CCCN(Cc2cccs2)C1. The number of likely N-dealkylation sites (tertiary alicyclic amines) is 1. The maximum absolute atomic E-state index is 5.21. The molecule has 1 fully saturated rings. The van der Waals surface area contributed by atoms with Gasteiger partial charge in [0.25, 0.3) is 0 Å². The van der Waals surface area contributed by atoms with E-state index in [0.717, 1.165) is 44.3 Å². The molecular formula is C22H32N4OS. The summed E-state index contributed by atoms with van der Waals surface area (Å²) >= 11 is 1.86. The van der Waals surface area contributed by atoms with Gasteiger partial charge in [-0.2, -0.15) is 0 Å². The summed E-state index contributed by atoms with van der Waals surface area (Å²) in [4.78, 5) is 8.42. The van der Waals surface area contributed by atoms with Crippen LogP contribution < -0.4 is 15.4 Å². The Morgan fingerprint density at radius 1 is 1.25 bits per heavy atom. The van der Waals surface area contributed by atoms with Crippen LogP contribution in [0.5, 0.6) is 5.75 Å². The molecule has 2 aromatic rings. The quantitative estimate of drug-likeness (QED) is 0.527. The minimum Gasteiger partial charge on any atom is -0.497 e. The first-order valence-corrected chi connectivity index (χ1v) is 11.0. The second kappa shape index (κ2) is 11.1. The number of nitrogens with zero attached hydrogens (tertiary/aromatic N) is 2. The molecule has 1 aliphatic heterocycles. The van der Waals surface area contributed by atoms with Crippen LogP contribution in [-0.2, 0) is 13.0 Å². The average molecular weight is 401 g/mol. The fourth-order valence-corrected chi connectivity index (χ4v) is 4.41. The van der Waals surface area contributed by atoms with Crippen LogP contribution in [0.2, 0.25) is 0 Å². The molecule has 2 N–H and O–H groups in total. The first-order valence-electron chi connectivity index (χ1n) is 10.1. The van der Waals surface area contributed by atoms with Gasteiger partial charge >= 0.3 is 0 Å². The largest absolute Gasteiger partial charge is 0.497 e. The van der Waals surface area contributed by atoms with Gasteiger partial charge in [-0.05, 0) is 60.9 Å². The number of hydrogen-bond acceptors (Lipinski definition) is 4. The number of benzene rings is 1. The molecule has 1 unspecified atom stereocenters. The third kappa shape index (κ3) is 6.53. The van der Waals surface area contributed by atoms with E-state index in [0.29, 0.717) is 5.92 Å². The van der Waals surface area contributed by atoms with Crippen molar-refractivity contribution in [3.8, 4) is 5.75 Å². The Morgan fingerprint density at radius 2 is 2.11 bits per heavy atom. The van der Waals surface area contributed by atoms with Crippen molar-refractivity contribution >= 4 is 17.3 Å². The monoisotopic (exact) mass is 400 g/mol. The van der Waals surface area contributed by atoms with Crippen LogP contribution in [0.25, 0.3) is 0 Å². The molecule has 0 spiro atoms. The van der Waals surface area contributed by atoms with Crippen molar-refractivity contribution in [1.82, 2.24) is 15.5 Å². The molecule has 1 aromatic carbocycles. The van der Waals surface area contributed by atoms with E-state index in [4.69, 9.17) is 4.74 Å². The Kier molecular flexibility index (Phi) is 8.18. The summed E-state index contributed by atoms with van der Waals surface area (Å²) in [5.41, 5.74) is 1.29. The van der Waals surface area contributed by atoms with Crippen LogP contribution in [0.4, 0.5) is 0 Å². The van der Waals surface area contributed by atoms with E-state index >= 15 is 0 Å². The summed E-state index contributed by atoms with van der Waals surface area (Å²) in [6.45, 7) is 5.30. The highest BCUT2D eigenvalue weighted by Gasteiger charge is 2.20. The lowest BCUT2D eigenvalue weighted by Gasteiger charge is -2.32. The molecule has 1 aliphatic rings. The topological polar surface area (TPSA) is 48.9 Å². The van der Waals surface area contributed by atoms with Gasteiger partial charge in [-0.1, -0.05) is 18.2 Å². The highest BCUT2D eigenvalue weighted by molar-refractivity contribution is 7.09. The summed E-state index contributed by atoms with van der Waals surface area (Å²) in [6.07, 6.45) is 3.53. The van der Waals surface area contributed by atoms with Crippen LogP contribution in [0.3, 0.4) is 0 Å². The van der Waals surface area contributed by atoms with Gasteiger partial charge in [0, 0.05) is 38.1 Å². The van der Waals surface area contributed by atoms with E-state index in [1.165, 1.54) is 29.8 Å². The van der Waals surface area contributed by atoms with Crippen LogP contribution in [0.1, 0.15) is 23.3 Å². The number of guanidine groups is 1. The maximum atomic E-state index is 5.21. The highest BCUT2D eigenvalue weighted by Crippen LogP contribution is 2.20. The van der Waals surface area contributed by atoms with Gasteiger partial charge < -0.3 is 15.4 Å². The highest BCUT2D eigenvalue weighted by atomic mass is 32.1. The Morgan fingerprint density at radius 3 is 2.82 bits per heavy atom. The summed E-state index contributed by atoms with van der Waals surface area (Å²) in [6, 6.07) is 12.6. The van der Waals surface area contributed by atoms with Crippen molar-refractivity contribution in [2.45, 2.75) is 25.8 Å². The number of nitrogens with one attached hydrogen (secondary N) is 2. The molecule has 3 rings (SSSR count). The normalized spacial score (nSPS) is 18.1. The van der Waals surface area contributed by atoms with Crippen molar-refractivity contribution in [2.24, 2.45) is 10.9 Å². The van der Waals surface area contributed by atoms with E-state index in [2.05, 4.69) is 50.2 Å². The number of rotatable bonds is 8. The molecule has 0 bridgehead atoms. The van der Waals surface area contributed by atoms with E-state index < -0.39 is 0 Å². The summed E-state index contributed by atoms with van der Waals surface area (Å²) < 4.78 is 5.21. The Hall–Kier alpha value is -2.05. The van der Waals surface area contributed by atoms with Crippen molar-refractivity contribution < 1.29 is 4.74 Å². The summed E-state index contributed by atoms with van der Waals surface area (Å²) in [5.74, 6) is 2.47. The van der Waals surface area contributed by atoms with Gasteiger partial charge in [-0.3, -0.25) is 9.89 Å². The summed E-state index contributed by atoms with van der Waals surface area (Å²) in [5, 5.41) is 9.11. The van der Waals surface area contributed by atoms with E-state index in [9.17, 15) is 0 Å². The minimum atomic E-state index is 0.675. The van der Waals surface area contributed by atoms with Crippen molar-refractivity contribution in [2.75, 3.05) is 40.3 Å². The fourth-order valence-electron chi connectivity index (χ4n) is 3.66. The van der Waals surface area contributed by atoms with Crippen LogP contribution in [0, 0.1) is 5.92 Å². The zero-order chi connectivity index (χ0) is 19.6. The third-order valence-corrected chi connectivity index (χ3v) is 6.07. The van der Waals surface area contributed by atoms with Crippen LogP contribution in [0.15, 0.2) is 46.8 Å². The minimum absolute atomic E-state index is 0.675. The number of piperidine rings is 1. The molecule has 28 heavy (non-hydrogen) atoms. The lowest BCUT2D eigenvalue weighted by molar-refractivity contribution is 0.169. The van der Waals surface area contributed by atoms with Crippen molar-refractivity contribution in [1.29, 1.82) is 0 Å². The van der Waals surface area contributed by atoms with Crippen LogP contribution >= 0.6 is 11.3 Å². The molecule has 1 atom stereocenters. The molecule has 6 heteroatoms. The second-order valence-corrected chi connectivity index (χ2v) is 8.33. The molecule has 2 heterocycles. The Bertz CT molecular complexity index is 715. The van der Waals surface area contributed by atoms with Gasteiger partial charge in [0.15, 0.2) is 5.96 Å². The molecule has 0 aliphatic carbocycles. The zero-order valence-corrected chi connectivity index (χ0v) is 17.8. The average Bonchev–Trinajstić information content (AvgIpc) is 3.24. The van der Waals surface area contributed by atoms with Crippen molar-refractivity contribution in [3.63, 3.8) is 0 Å². The lowest BCUT2D eigenvalue weighted by atomic mass is 9.98. The molecule has 5 nitrogen and oxygen atoms in total. The Balaban J connectivity index is 1.37. The number of methoxy groups -OCH3 is 1. The third-order valence-electron chi connectivity index (χ3n) is 5.21. The first kappa shape index (κ1) is 20.7. The molecule has 152 valence electrons. The Labute approximate surface area is 172 Å². The van der Waals surface area contributed by atoms with Gasteiger partial charge in [0.2, 0.25) is 0 Å². The van der Waals surface area contributed by atoms with Crippen molar-refractivity contribution in [3.05, 3.63) is 52.2 Å². The predicted molar refractivity (Wildman–Crippen MR) is 118 cm³/mol. The van der Waals surface area contributed by atoms with Gasteiger partial charge in [0.05, 0.1) is 7.11 Å². The number of aliphatic imine (C=N–C) groups is 1. The standard InChI is InChI=1S/C22H32N4OS/c1-23-22(24-12-11-18-7-9-20(27-2)10-8-18)25-15-19-5-3-13-26(16-19)17-21-6-4-14-28-21/h4,6-10,14,19H,3,5,11-13,15-17H2,1-2H3,(H2,23,24,25). The molecule has 0 amide bonds. The number of ether oxygens (including phenoxy) is 1. The van der Waals surface area contributed by atoms with Gasteiger partial charge in [-0.25, -0.2) is 0 Å². The predicted octanol–water partition coefficient (Wildman–Crippen LogP) is 3.38. The van der Waals surface area contributed by atoms with E-state index in [-0.39, 0.29) is 0 Å². The fraction of sp³-hybridized carbons (Fsp3) is 0.500. The smallest absolute Gasteiger partial charge is 0.190 e. The molecule has 1 saturated heterocycles. The number of thiophene rings is 1. The first-order chi connectivity index (χ1) is 13.8. The summed E-state index contributed by atoms with van der Waals surface area (Å²) in [7, 11) is 3.53. The second-order valence-electron chi connectivity index (χ2n) is 7.30. The van der Waals surface area contributed by atoms with E-state index in [1.54, 1.807) is 7.11 Å².